The highest BCUT2D eigenvalue weighted by atomic mass is 32.2. The minimum atomic E-state index is -0.611. The number of carbonyl (C=O) groups is 2. The number of nitrogens with one attached hydrogen (secondary N) is 1. The Bertz CT molecular complexity index is 1270. The summed E-state index contributed by atoms with van der Waals surface area (Å²) in [7, 11) is 4.49. The summed E-state index contributed by atoms with van der Waals surface area (Å²) in [6.07, 6.45) is 0.650. The van der Waals surface area contributed by atoms with Crippen LogP contribution in [0.15, 0.2) is 75.9 Å². The highest BCUT2D eigenvalue weighted by Gasteiger charge is 2.43. The summed E-state index contributed by atoms with van der Waals surface area (Å²) in [5, 5.41) is 5.68. The molecule has 1 N–H and O–H groups in total. The van der Waals surface area contributed by atoms with Gasteiger partial charge in [-0.3, -0.25) is 4.79 Å². The fourth-order valence-corrected chi connectivity index (χ4v) is 5.55. The summed E-state index contributed by atoms with van der Waals surface area (Å²) < 4.78 is 16.5. The van der Waals surface area contributed by atoms with E-state index in [4.69, 9.17) is 19.2 Å². The van der Waals surface area contributed by atoms with Gasteiger partial charge in [0.05, 0.1) is 51.1 Å². The fraction of sp³-hybridized carbons (Fsp3) is 0.321. The number of amides is 1. The average molecular weight is 522 g/mol. The first-order valence-corrected chi connectivity index (χ1v) is 12.9. The molecule has 0 saturated carbocycles. The fourth-order valence-electron chi connectivity index (χ4n) is 4.62. The molecule has 1 amide bonds. The summed E-state index contributed by atoms with van der Waals surface area (Å²) in [6.45, 7) is 3.90. The molecule has 2 aliphatic heterocycles. The number of hydrogen-bond acceptors (Lipinski definition) is 8. The number of fused-ring (bicyclic) bond motifs is 1. The van der Waals surface area contributed by atoms with Crippen molar-refractivity contribution in [3.8, 4) is 11.5 Å². The van der Waals surface area contributed by atoms with Crippen LogP contribution in [0.2, 0.25) is 0 Å². The molecule has 0 fully saturated rings. The molecule has 2 atom stereocenters. The Labute approximate surface area is 221 Å². The van der Waals surface area contributed by atoms with E-state index in [2.05, 4.69) is 5.32 Å². The molecule has 0 spiro atoms. The number of para-hydroxylation sites is 1. The second-order valence-corrected chi connectivity index (χ2v) is 9.40. The van der Waals surface area contributed by atoms with E-state index < -0.39 is 12.0 Å². The van der Waals surface area contributed by atoms with Crippen molar-refractivity contribution >= 4 is 28.8 Å². The molecule has 0 bridgehead atoms. The monoisotopic (exact) mass is 521 g/mol. The quantitative estimate of drug-likeness (QED) is 0.459. The molecular weight excluding hydrogens is 490 g/mol. The number of amidine groups is 1. The lowest BCUT2D eigenvalue weighted by Gasteiger charge is -2.37. The van der Waals surface area contributed by atoms with Gasteiger partial charge in [0.25, 0.3) is 0 Å². The number of hydrogen-bond donors (Lipinski definition) is 1. The van der Waals surface area contributed by atoms with Gasteiger partial charge in [-0.2, -0.15) is 0 Å². The van der Waals surface area contributed by atoms with Crippen molar-refractivity contribution in [1.82, 2.24) is 10.2 Å². The van der Waals surface area contributed by atoms with Gasteiger partial charge in [0.2, 0.25) is 5.91 Å². The molecule has 4 rings (SSSR count). The van der Waals surface area contributed by atoms with E-state index in [9.17, 15) is 9.59 Å². The van der Waals surface area contributed by atoms with Crippen molar-refractivity contribution < 1.29 is 23.8 Å². The third-order valence-electron chi connectivity index (χ3n) is 6.38. The first-order valence-electron chi connectivity index (χ1n) is 12.0. The lowest BCUT2D eigenvalue weighted by molar-refractivity contribution is -0.136. The van der Waals surface area contributed by atoms with Gasteiger partial charge in [-0.25, -0.2) is 9.79 Å². The average Bonchev–Trinajstić information content (AvgIpc) is 3.33. The van der Waals surface area contributed by atoms with Crippen molar-refractivity contribution in [2.24, 2.45) is 4.99 Å². The predicted octanol–water partition coefficient (Wildman–Crippen LogP) is 5.11. The van der Waals surface area contributed by atoms with E-state index in [1.54, 1.807) is 20.3 Å². The first-order chi connectivity index (χ1) is 17.9. The number of rotatable bonds is 9. The molecule has 2 unspecified atom stereocenters. The van der Waals surface area contributed by atoms with E-state index in [-0.39, 0.29) is 18.4 Å². The second kappa shape index (κ2) is 11.6. The van der Waals surface area contributed by atoms with Crippen molar-refractivity contribution in [3.05, 3.63) is 82.0 Å². The Morgan fingerprint density at radius 3 is 2.49 bits per heavy atom. The van der Waals surface area contributed by atoms with Crippen molar-refractivity contribution in [1.29, 1.82) is 0 Å². The summed E-state index contributed by atoms with van der Waals surface area (Å²) >= 11 is 1.43. The Hall–Kier alpha value is -3.72. The lowest BCUT2D eigenvalue weighted by atomic mass is 9.92. The predicted molar refractivity (Wildman–Crippen MR) is 144 cm³/mol. The third kappa shape index (κ3) is 5.22. The number of esters is 1. The molecule has 2 aromatic carbocycles. The summed E-state index contributed by atoms with van der Waals surface area (Å²) in [5.74, 6) is 0.434. The van der Waals surface area contributed by atoms with Crippen LogP contribution in [0, 0.1) is 0 Å². The second-order valence-electron chi connectivity index (χ2n) is 8.56. The van der Waals surface area contributed by atoms with Gasteiger partial charge in [0, 0.05) is 11.3 Å². The highest BCUT2D eigenvalue weighted by Crippen LogP contribution is 2.49. The minimum Gasteiger partial charge on any atom is -0.493 e. The number of nitrogens with zero attached hydrogens (tertiary/aromatic N) is 2. The zero-order valence-corrected chi connectivity index (χ0v) is 22.4. The molecular formula is C28H31N3O5S. The van der Waals surface area contributed by atoms with Gasteiger partial charge in [-0.05, 0) is 30.4 Å². The number of methoxy groups -OCH3 is 3. The van der Waals surface area contributed by atoms with Crippen LogP contribution in [0.1, 0.15) is 49.9 Å². The zero-order chi connectivity index (χ0) is 26.5. The van der Waals surface area contributed by atoms with Crippen LogP contribution >= 0.6 is 11.8 Å². The van der Waals surface area contributed by atoms with Crippen LogP contribution in [0.25, 0.3) is 0 Å². The molecule has 2 aromatic rings. The van der Waals surface area contributed by atoms with E-state index >= 15 is 0 Å². The number of thioether (sulfide) groups is 1. The molecule has 2 aliphatic rings. The number of benzene rings is 2. The molecule has 8 nitrogen and oxygen atoms in total. The molecule has 194 valence electrons. The summed E-state index contributed by atoms with van der Waals surface area (Å²) in [4.78, 5) is 33.0. The maximum Gasteiger partial charge on any atom is 0.338 e. The van der Waals surface area contributed by atoms with E-state index in [1.165, 1.54) is 18.9 Å². The van der Waals surface area contributed by atoms with Crippen molar-refractivity contribution in [3.63, 3.8) is 0 Å². The molecule has 0 aromatic heterocycles. The van der Waals surface area contributed by atoms with Crippen LogP contribution in [0.5, 0.6) is 11.5 Å². The summed E-state index contributed by atoms with van der Waals surface area (Å²) in [5.41, 5.74) is 3.51. The van der Waals surface area contributed by atoms with Crippen molar-refractivity contribution in [2.45, 2.75) is 38.8 Å². The largest absolute Gasteiger partial charge is 0.493 e. The molecule has 0 radical (unpaired) electrons. The van der Waals surface area contributed by atoms with Gasteiger partial charge < -0.3 is 24.4 Å². The van der Waals surface area contributed by atoms with Crippen LogP contribution < -0.4 is 14.8 Å². The van der Waals surface area contributed by atoms with Gasteiger partial charge in [-0.15, -0.1) is 0 Å². The standard InChI is InChI=1S/C28H31N3O5S/c1-6-21-24(27(33)36-5)25(20-13-10-14-22(34-3)26(20)35-4)31-19(16-37-28(31)30-21)15-23(32)29-17(2)18-11-8-7-9-12-18/h7-14,16-17,25H,6,15H2,1-5H3,(H,29,32). The Morgan fingerprint density at radius 2 is 1.84 bits per heavy atom. The SMILES string of the molecule is CCC1=C(C(=O)OC)C(c2cccc(OC)c2OC)N2C(CC(=O)NC(C)c3ccccc3)=CSC2=N1. The third-order valence-corrected chi connectivity index (χ3v) is 7.26. The van der Waals surface area contributed by atoms with Crippen LogP contribution in [0.3, 0.4) is 0 Å². The Morgan fingerprint density at radius 1 is 1.08 bits per heavy atom. The van der Waals surface area contributed by atoms with E-state index in [1.807, 2.05) is 66.6 Å². The summed E-state index contributed by atoms with van der Waals surface area (Å²) in [6, 6.07) is 14.6. The van der Waals surface area contributed by atoms with Crippen LogP contribution in [0.4, 0.5) is 0 Å². The topological polar surface area (TPSA) is 89.5 Å². The number of ether oxygens (including phenoxy) is 3. The van der Waals surface area contributed by atoms with Gasteiger partial charge in [-0.1, -0.05) is 61.2 Å². The highest BCUT2D eigenvalue weighted by molar-refractivity contribution is 8.16. The zero-order valence-electron chi connectivity index (χ0n) is 21.6. The van der Waals surface area contributed by atoms with E-state index in [0.29, 0.717) is 39.9 Å². The smallest absolute Gasteiger partial charge is 0.338 e. The normalized spacial score (nSPS) is 17.4. The Balaban J connectivity index is 1.72. The van der Waals surface area contributed by atoms with E-state index in [0.717, 1.165) is 11.3 Å². The minimum absolute atomic E-state index is 0.113. The van der Waals surface area contributed by atoms with Crippen LogP contribution in [-0.2, 0) is 14.3 Å². The first kappa shape index (κ1) is 26.3. The van der Waals surface area contributed by atoms with Gasteiger partial charge in [0.1, 0.15) is 0 Å². The molecule has 0 saturated heterocycles. The van der Waals surface area contributed by atoms with Crippen LogP contribution in [-0.4, -0.2) is 43.3 Å². The molecule has 0 aliphatic carbocycles. The van der Waals surface area contributed by atoms with Crippen molar-refractivity contribution in [2.75, 3.05) is 21.3 Å². The Kier molecular flexibility index (Phi) is 8.23. The van der Waals surface area contributed by atoms with Gasteiger partial charge in [0.15, 0.2) is 16.7 Å². The number of allylic oxidation sites excluding steroid dienone is 1. The molecule has 37 heavy (non-hydrogen) atoms. The number of carbonyl (C=O) groups excluding carboxylic acids is 2. The maximum absolute atomic E-state index is 13.1. The maximum atomic E-state index is 13.1. The lowest BCUT2D eigenvalue weighted by Crippen LogP contribution is -2.38. The van der Waals surface area contributed by atoms with Gasteiger partial charge >= 0.3 is 5.97 Å². The number of aliphatic imine (C=N–C) groups is 1. The molecule has 2 heterocycles. The molecule has 9 heteroatoms.